The highest BCUT2D eigenvalue weighted by Gasteiger charge is 2.49. The van der Waals surface area contributed by atoms with Crippen LogP contribution in [0.25, 0.3) is 0 Å². The number of nitrogens with zero attached hydrogens (tertiary/aromatic N) is 4. The van der Waals surface area contributed by atoms with E-state index < -0.39 is 81.8 Å². The van der Waals surface area contributed by atoms with Crippen molar-refractivity contribution in [3.05, 3.63) is 89.1 Å². The van der Waals surface area contributed by atoms with E-state index in [-0.39, 0.29) is 23.4 Å². The summed E-state index contributed by atoms with van der Waals surface area (Å²) in [6.45, 7) is 1.63. The molecule has 3 aromatic rings. The number of nitrogens with one attached hydrogen (secondary N) is 1. The summed E-state index contributed by atoms with van der Waals surface area (Å²) in [7, 11) is -4.16. The summed E-state index contributed by atoms with van der Waals surface area (Å²) in [5.41, 5.74) is 0.390. The average Bonchev–Trinajstić information content (AvgIpc) is 3.25. The number of benzene rings is 2. The number of pyridine rings is 1. The number of hydrogen-bond donors (Lipinski definition) is 1. The highest BCUT2D eigenvalue weighted by atomic mass is 32.2. The molecule has 2 atom stereocenters. The molecule has 1 aliphatic carbocycles. The topological polar surface area (TPSA) is 123 Å². The second-order valence-corrected chi connectivity index (χ2v) is 12.5. The SMILES string of the molecule is Cc1ccccc1C(C(=O)NC1CC(F)(F)C1)N(C(=O)[C@@H]1CCS(=O)(=O)N1c1cc(C#N)ccn1)c1cc(F)cc(F)c1. The molecule has 1 saturated heterocycles. The Balaban J connectivity index is 1.66. The van der Waals surface area contributed by atoms with Gasteiger partial charge in [0.05, 0.1) is 23.1 Å². The van der Waals surface area contributed by atoms with Gasteiger partial charge in [-0.2, -0.15) is 5.26 Å². The molecule has 1 aromatic heterocycles. The molecule has 1 aliphatic heterocycles. The van der Waals surface area contributed by atoms with Crippen molar-refractivity contribution >= 4 is 33.3 Å². The molecule has 2 aromatic carbocycles. The van der Waals surface area contributed by atoms with E-state index in [1.807, 2.05) is 6.07 Å². The zero-order valence-electron chi connectivity index (χ0n) is 22.7. The zero-order valence-corrected chi connectivity index (χ0v) is 23.5. The van der Waals surface area contributed by atoms with Crippen molar-refractivity contribution in [2.24, 2.45) is 0 Å². The van der Waals surface area contributed by atoms with Gasteiger partial charge >= 0.3 is 0 Å². The van der Waals surface area contributed by atoms with Crippen LogP contribution in [0.15, 0.2) is 60.8 Å². The maximum Gasteiger partial charge on any atom is 0.252 e. The Kier molecular flexibility index (Phi) is 7.87. The Morgan fingerprint density at radius 2 is 1.79 bits per heavy atom. The van der Waals surface area contributed by atoms with Crippen LogP contribution in [-0.4, -0.2) is 49.0 Å². The summed E-state index contributed by atoms with van der Waals surface area (Å²) in [6.07, 6.45) is -0.333. The lowest BCUT2D eigenvalue weighted by Gasteiger charge is -2.39. The first-order chi connectivity index (χ1) is 20.3. The van der Waals surface area contributed by atoms with E-state index in [0.717, 1.165) is 21.3 Å². The zero-order chi connectivity index (χ0) is 31.1. The van der Waals surface area contributed by atoms with Crippen LogP contribution in [0.4, 0.5) is 29.1 Å². The van der Waals surface area contributed by atoms with Crippen LogP contribution < -0.4 is 14.5 Å². The van der Waals surface area contributed by atoms with Crippen molar-refractivity contribution in [3.8, 4) is 6.07 Å². The molecule has 9 nitrogen and oxygen atoms in total. The van der Waals surface area contributed by atoms with Gasteiger partial charge < -0.3 is 5.32 Å². The number of carbonyl (C=O) groups excluding carboxylic acids is 2. The number of rotatable bonds is 7. The van der Waals surface area contributed by atoms with E-state index >= 15 is 0 Å². The molecule has 43 heavy (non-hydrogen) atoms. The van der Waals surface area contributed by atoms with Crippen LogP contribution in [0.2, 0.25) is 0 Å². The normalized spacial score (nSPS) is 19.6. The number of amides is 2. The van der Waals surface area contributed by atoms with Crippen LogP contribution in [0.1, 0.15) is 42.0 Å². The number of nitriles is 1. The number of alkyl halides is 2. The molecule has 2 fully saturated rings. The third-order valence-corrected chi connectivity index (χ3v) is 9.20. The van der Waals surface area contributed by atoms with Crippen LogP contribution in [0, 0.1) is 29.9 Å². The van der Waals surface area contributed by atoms with Gasteiger partial charge in [-0.3, -0.25) is 14.5 Å². The fourth-order valence-electron chi connectivity index (χ4n) is 5.38. The van der Waals surface area contributed by atoms with Gasteiger partial charge in [0.15, 0.2) is 0 Å². The average molecular weight is 616 g/mol. The third-order valence-electron chi connectivity index (χ3n) is 7.41. The molecule has 0 radical (unpaired) electrons. The Morgan fingerprint density at radius 3 is 2.42 bits per heavy atom. The van der Waals surface area contributed by atoms with Crippen LogP contribution in [0.3, 0.4) is 0 Å². The largest absolute Gasteiger partial charge is 0.351 e. The van der Waals surface area contributed by atoms with Gasteiger partial charge in [-0.1, -0.05) is 24.3 Å². The minimum Gasteiger partial charge on any atom is -0.351 e. The second-order valence-electron chi connectivity index (χ2n) is 10.5. The quantitative estimate of drug-likeness (QED) is 0.399. The predicted molar refractivity (Wildman–Crippen MR) is 147 cm³/mol. The molecule has 2 aliphatic rings. The number of carbonyl (C=O) groups is 2. The van der Waals surface area contributed by atoms with Gasteiger partial charge in [0.1, 0.15) is 29.5 Å². The number of halogens is 4. The molecule has 1 N–H and O–H groups in total. The Hall–Kier alpha value is -4.51. The number of hydrogen-bond acceptors (Lipinski definition) is 6. The summed E-state index contributed by atoms with van der Waals surface area (Å²) in [4.78, 5) is 33.2. The summed E-state index contributed by atoms with van der Waals surface area (Å²) >= 11 is 0. The second kappa shape index (κ2) is 11.3. The maximum absolute atomic E-state index is 14.6. The van der Waals surface area contributed by atoms with E-state index in [2.05, 4.69) is 10.3 Å². The first-order valence-corrected chi connectivity index (χ1v) is 14.8. The molecule has 2 amide bonds. The highest BCUT2D eigenvalue weighted by Crippen LogP contribution is 2.39. The molecule has 224 valence electrons. The summed E-state index contributed by atoms with van der Waals surface area (Å²) in [5.74, 6) is -7.76. The lowest BCUT2D eigenvalue weighted by molar-refractivity contribution is -0.133. The molecule has 2 heterocycles. The van der Waals surface area contributed by atoms with E-state index in [9.17, 15) is 40.8 Å². The lowest BCUT2D eigenvalue weighted by atomic mass is 9.87. The van der Waals surface area contributed by atoms with Crippen LogP contribution in [0.5, 0.6) is 0 Å². The number of aromatic nitrogens is 1. The number of aryl methyl sites for hydroxylation is 1. The van der Waals surface area contributed by atoms with Crippen molar-refractivity contribution < 1.29 is 35.6 Å². The lowest BCUT2D eigenvalue weighted by Crippen LogP contribution is -2.56. The van der Waals surface area contributed by atoms with Crippen molar-refractivity contribution in [2.45, 2.75) is 50.2 Å². The van der Waals surface area contributed by atoms with E-state index in [4.69, 9.17) is 0 Å². The highest BCUT2D eigenvalue weighted by molar-refractivity contribution is 7.93. The van der Waals surface area contributed by atoms with E-state index in [0.29, 0.717) is 11.6 Å². The minimum atomic E-state index is -4.16. The smallest absolute Gasteiger partial charge is 0.252 e. The third kappa shape index (κ3) is 6.03. The molecule has 14 heteroatoms. The maximum atomic E-state index is 14.6. The number of anilines is 2. The number of sulfonamides is 1. The summed E-state index contributed by atoms with van der Waals surface area (Å²) in [5, 5.41) is 11.8. The van der Waals surface area contributed by atoms with Crippen molar-refractivity contribution in [1.82, 2.24) is 10.3 Å². The molecule has 1 unspecified atom stereocenters. The molecule has 0 bridgehead atoms. The summed E-state index contributed by atoms with van der Waals surface area (Å²) < 4.78 is 83.5. The van der Waals surface area contributed by atoms with Gasteiger partial charge in [-0.15, -0.1) is 0 Å². The Bertz CT molecular complexity index is 1720. The van der Waals surface area contributed by atoms with Crippen molar-refractivity contribution in [1.29, 1.82) is 5.26 Å². The van der Waals surface area contributed by atoms with Gasteiger partial charge in [0.2, 0.25) is 15.9 Å². The molecular weight excluding hydrogens is 590 g/mol. The fourth-order valence-corrected chi connectivity index (χ4v) is 7.07. The predicted octanol–water partition coefficient (Wildman–Crippen LogP) is 4.14. The van der Waals surface area contributed by atoms with Crippen molar-refractivity contribution in [3.63, 3.8) is 0 Å². The molecule has 1 saturated carbocycles. The monoisotopic (exact) mass is 615 g/mol. The Labute approximate surface area is 244 Å². The van der Waals surface area contributed by atoms with Crippen LogP contribution in [-0.2, 0) is 19.6 Å². The van der Waals surface area contributed by atoms with Gasteiger partial charge in [0.25, 0.3) is 11.8 Å². The molecule has 5 rings (SSSR count). The van der Waals surface area contributed by atoms with E-state index in [1.54, 1.807) is 25.1 Å². The first-order valence-electron chi connectivity index (χ1n) is 13.2. The fraction of sp³-hybridized carbons (Fsp3) is 0.310. The first kappa shape index (κ1) is 30.0. The van der Waals surface area contributed by atoms with Gasteiger partial charge in [0, 0.05) is 31.1 Å². The van der Waals surface area contributed by atoms with Crippen LogP contribution >= 0.6 is 0 Å². The molecular formula is C29H25F4N5O4S. The van der Waals surface area contributed by atoms with E-state index in [1.165, 1.54) is 24.4 Å². The van der Waals surface area contributed by atoms with Gasteiger partial charge in [-0.25, -0.2) is 35.3 Å². The standard InChI is InChI=1S/C29H25F4N5O4S/c1-17-4-2-3-5-23(17)26(27(39)36-21-14-29(32,33)15-21)37(22-12-19(30)11-20(31)13-22)28(40)24-7-9-43(41,42)38(24)25-10-18(16-34)6-8-35-25/h2-6,8,10-13,21,24,26H,7,9,14-15H2,1H3,(H,36,39)/t24-,26?/m0/s1. The molecule has 0 spiro atoms. The van der Waals surface area contributed by atoms with Gasteiger partial charge in [-0.05, 0) is 48.7 Å². The Morgan fingerprint density at radius 1 is 1.12 bits per heavy atom. The minimum absolute atomic E-state index is 0.0665. The summed E-state index contributed by atoms with van der Waals surface area (Å²) in [6, 6.07) is 8.88. The van der Waals surface area contributed by atoms with Crippen molar-refractivity contribution in [2.75, 3.05) is 15.0 Å².